The van der Waals surface area contributed by atoms with Gasteiger partial charge in [-0.1, -0.05) is 24.3 Å². The van der Waals surface area contributed by atoms with E-state index in [-0.39, 0.29) is 18.5 Å². The number of carbonyl (C=O) groups is 1. The van der Waals surface area contributed by atoms with Gasteiger partial charge in [0.1, 0.15) is 0 Å². The Balaban J connectivity index is 1.67. The molecule has 30 heavy (non-hydrogen) atoms. The Labute approximate surface area is 168 Å². The van der Waals surface area contributed by atoms with Gasteiger partial charge in [-0.2, -0.15) is 26.3 Å². The fourth-order valence-corrected chi connectivity index (χ4v) is 3.41. The van der Waals surface area contributed by atoms with Gasteiger partial charge in [-0.05, 0) is 25.8 Å². The Morgan fingerprint density at radius 3 is 2.23 bits per heavy atom. The topological polar surface area (TPSA) is 80.3 Å². The molecule has 0 radical (unpaired) electrons. The van der Waals surface area contributed by atoms with Crippen molar-refractivity contribution in [2.75, 3.05) is 13.1 Å². The van der Waals surface area contributed by atoms with Gasteiger partial charge in [-0.25, -0.2) is 0 Å². The number of carbonyl (C=O) groups excluding carboxylic acids is 1. The van der Waals surface area contributed by atoms with Crippen LogP contribution in [-0.2, 0) is 21.6 Å². The van der Waals surface area contributed by atoms with Crippen LogP contribution in [0.4, 0.5) is 26.3 Å². The first-order valence-electron chi connectivity index (χ1n) is 9.04. The Kier molecular flexibility index (Phi) is 5.38. The third-order valence-corrected chi connectivity index (χ3v) is 4.92. The number of morpholine rings is 1. The molecule has 2 aliphatic rings. The lowest BCUT2D eigenvalue weighted by atomic mass is 9.98. The minimum atomic E-state index is -4.65. The molecular formula is C18H20F6N4O2. The van der Waals surface area contributed by atoms with Crippen molar-refractivity contribution in [1.29, 1.82) is 0 Å². The zero-order valence-corrected chi connectivity index (χ0v) is 16.1. The lowest BCUT2D eigenvalue weighted by Gasteiger charge is -2.43. The Hall–Kier alpha value is -2.21. The predicted octanol–water partition coefficient (Wildman–Crippen LogP) is 3.31. The first-order valence-corrected chi connectivity index (χ1v) is 9.04. The summed E-state index contributed by atoms with van der Waals surface area (Å²) < 4.78 is 83.4. The zero-order valence-electron chi connectivity index (χ0n) is 16.1. The summed E-state index contributed by atoms with van der Waals surface area (Å²) in [6, 6.07) is 3.95. The van der Waals surface area contributed by atoms with E-state index in [0.29, 0.717) is 5.56 Å². The van der Waals surface area contributed by atoms with Crippen LogP contribution in [0.2, 0.25) is 0 Å². The molecule has 1 fully saturated rings. The predicted molar refractivity (Wildman–Crippen MR) is 92.3 cm³/mol. The summed E-state index contributed by atoms with van der Waals surface area (Å²) in [6.07, 6.45) is -11.5. The number of ether oxygens (including phenoxy) is 1. The fourth-order valence-electron chi connectivity index (χ4n) is 3.41. The van der Waals surface area contributed by atoms with E-state index in [9.17, 15) is 31.1 Å². The molecule has 0 aromatic heterocycles. The van der Waals surface area contributed by atoms with E-state index >= 15 is 0 Å². The lowest BCUT2D eigenvalue weighted by molar-refractivity contribution is -0.270. The van der Waals surface area contributed by atoms with E-state index in [4.69, 9.17) is 10.5 Å². The van der Waals surface area contributed by atoms with Gasteiger partial charge >= 0.3 is 18.0 Å². The van der Waals surface area contributed by atoms with Crippen molar-refractivity contribution in [3.05, 3.63) is 35.4 Å². The Morgan fingerprint density at radius 1 is 1.20 bits per heavy atom. The largest absolute Gasteiger partial charge is 0.442 e. The van der Waals surface area contributed by atoms with Crippen LogP contribution in [-0.4, -0.2) is 54.0 Å². The van der Waals surface area contributed by atoms with E-state index in [1.165, 1.54) is 38.1 Å². The van der Waals surface area contributed by atoms with Crippen molar-refractivity contribution >= 4 is 5.91 Å². The molecule has 0 spiro atoms. The number of hydrogen-bond acceptors (Lipinski definition) is 5. The number of amides is 1. The van der Waals surface area contributed by atoms with E-state index in [1.807, 2.05) is 0 Å². The highest BCUT2D eigenvalue weighted by Gasteiger charge is 2.65. The van der Waals surface area contributed by atoms with Crippen molar-refractivity contribution < 1.29 is 35.9 Å². The van der Waals surface area contributed by atoms with Gasteiger partial charge in [0, 0.05) is 12.1 Å². The van der Waals surface area contributed by atoms with Gasteiger partial charge in [0.15, 0.2) is 6.10 Å². The summed E-state index contributed by atoms with van der Waals surface area (Å²) >= 11 is 0. The summed E-state index contributed by atoms with van der Waals surface area (Å²) in [5, 5.41) is 6.21. The second-order valence-electron chi connectivity index (χ2n) is 8.00. The highest BCUT2D eigenvalue weighted by Crippen LogP contribution is 2.52. The van der Waals surface area contributed by atoms with Crippen LogP contribution >= 0.6 is 0 Å². The standard InChI is InChI=1S/C18H20F6N4O2/c1-15(2)9-28(8-13(30-15)17(19,20)21)14(29)12(25)7-10-3-5-11(6-4-10)16(26-27-16)18(22,23)24/h3-6,12-13H,7-9,25H2,1-2H3. The van der Waals surface area contributed by atoms with Crippen molar-refractivity contribution in [2.45, 2.75) is 56.0 Å². The number of halogens is 6. The lowest BCUT2D eigenvalue weighted by Crippen LogP contribution is -2.61. The van der Waals surface area contributed by atoms with E-state index in [1.54, 1.807) is 0 Å². The van der Waals surface area contributed by atoms with Crippen LogP contribution in [0.1, 0.15) is 25.0 Å². The smallest absolute Gasteiger partial charge is 0.359 e. The average Bonchev–Trinajstić information content (AvgIpc) is 3.41. The van der Waals surface area contributed by atoms with Crippen LogP contribution in [0.25, 0.3) is 0 Å². The van der Waals surface area contributed by atoms with Crippen molar-refractivity contribution in [2.24, 2.45) is 16.0 Å². The van der Waals surface area contributed by atoms with Crippen molar-refractivity contribution in [3.8, 4) is 0 Å². The molecule has 0 bridgehead atoms. The third kappa shape index (κ3) is 4.43. The molecule has 12 heteroatoms. The molecule has 1 amide bonds. The molecule has 1 aromatic carbocycles. The van der Waals surface area contributed by atoms with Gasteiger partial charge < -0.3 is 15.4 Å². The van der Waals surface area contributed by atoms with Crippen LogP contribution in [0.3, 0.4) is 0 Å². The Bertz CT molecular complexity index is 829. The quantitative estimate of drug-likeness (QED) is 0.733. The molecule has 2 N–H and O–H groups in total. The molecule has 0 aliphatic carbocycles. The van der Waals surface area contributed by atoms with Gasteiger partial charge in [-0.15, -0.1) is 10.2 Å². The third-order valence-electron chi connectivity index (χ3n) is 4.92. The highest BCUT2D eigenvalue weighted by molar-refractivity contribution is 5.82. The van der Waals surface area contributed by atoms with Crippen LogP contribution in [0.15, 0.2) is 34.5 Å². The minimum absolute atomic E-state index is 0.0547. The SMILES string of the molecule is CC1(C)CN(C(=O)C(N)Cc2ccc(C3(C(F)(F)F)N=N3)cc2)CC(C(F)(F)F)O1. The van der Waals surface area contributed by atoms with Gasteiger partial charge in [0.2, 0.25) is 5.91 Å². The van der Waals surface area contributed by atoms with E-state index < -0.39 is 48.2 Å². The summed E-state index contributed by atoms with van der Waals surface area (Å²) in [5.74, 6) is -0.691. The summed E-state index contributed by atoms with van der Waals surface area (Å²) in [4.78, 5) is 13.6. The van der Waals surface area contributed by atoms with Crippen LogP contribution in [0, 0.1) is 0 Å². The van der Waals surface area contributed by atoms with E-state index in [0.717, 1.165) is 4.90 Å². The number of rotatable bonds is 4. The maximum Gasteiger partial charge on any atom is 0.442 e. The number of nitrogens with two attached hydrogens (primary N) is 1. The minimum Gasteiger partial charge on any atom is -0.359 e. The fraction of sp³-hybridized carbons (Fsp3) is 0.611. The number of alkyl halides is 6. The molecule has 6 nitrogen and oxygen atoms in total. The number of hydrogen-bond donors (Lipinski definition) is 1. The molecule has 0 saturated carbocycles. The van der Waals surface area contributed by atoms with Gasteiger partial charge in [0.25, 0.3) is 0 Å². The molecule has 1 saturated heterocycles. The number of nitrogens with zero attached hydrogens (tertiary/aromatic N) is 3. The molecule has 3 rings (SSSR count). The molecule has 2 aliphatic heterocycles. The summed E-state index contributed by atoms with van der Waals surface area (Å²) in [6.45, 7) is 2.15. The first-order chi connectivity index (χ1) is 13.6. The first kappa shape index (κ1) is 22.5. The number of benzene rings is 1. The molecule has 2 heterocycles. The normalized spacial score (nSPS) is 23.9. The maximum absolute atomic E-state index is 13.1. The van der Waals surface area contributed by atoms with Crippen LogP contribution in [0.5, 0.6) is 0 Å². The van der Waals surface area contributed by atoms with Gasteiger partial charge in [-0.3, -0.25) is 4.79 Å². The molecule has 2 unspecified atom stereocenters. The van der Waals surface area contributed by atoms with E-state index in [2.05, 4.69) is 10.2 Å². The van der Waals surface area contributed by atoms with Crippen molar-refractivity contribution in [1.82, 2.24) is 4.90 Å². The summed E-state index contributed by atoms with van der Waals surface area (Å²) in [5.41, 5.74) is 2.43. The molecule has 2 atom stereocenters. The second-order valence-corrected chi connectivity index (χ2v) is 8.00. The maximum atomic E-state index is 13.1. The molecule has 1 aromatic rings. The highest BCUT2D eigenvalue weighted by atomic mass is 19.4. The second kappa shape index (κ2) is 7.19. The summed E-state index contributed by atoms with van der Waals surface area (Å²) in [7, 11) is 0. The van der Waals surface area contributed by atoms with Crippen LogP contribution < -0.4 is 5.73 Å². The average molecular weight is 438 g/mol. The van der Waals surface area contributed by atoms with Gasteiger partial charge in [0.05, 0.1) is 18.2 Å². The monoisotopic (exact) mass is 438 g/mol. The zero-order chi connectivity index (χ0) is 22.5. The molecular weight excluding hydrogens is 418 g/mol. The molecule has 166 valence electrons. The van der Waals surface area contributed by atoms with Crippen molar-refractivity contribution in [3.63, 3.8) is 0 Å². The Morgan fingerprint density at radius 2 is 1.77 bits per heavy atom.